The lowest BCUT2D eigenvalue weighted by molar-refractivity contribution is -0.121. The number of hydrogen-bond donors (Lipinski definition) is 1. The zero-order chi connectivity index (χ0) is 19.4. The number of ether oxygens (including phenoxy) is 1. The van der Waals surface area contributed by atoms with E-state index in [1.165, 1.54) is 25.3 Å². The molecule has 0 radical (unpaired) electrons. The Hall–Kier alpha value is -2.65. The summed E-state index contributed by atoms with van der Waals surface area (Å²) in [7, 11) is -2.40. The fourth-order valence-electron chi connectivity index (χ4n) is 2.86. The minimum absolute atomic E-state index is 0.0381. The summed E-state index contributed by atoms with van der Waals surface area (Å²) in [6, 6.07) is 7.70. The van der Waals surface area contributed by atoms with Crippen molar-refractivity contribution in [2.75, 3.05) is 18.6 Å². The molecule has 0 spiro atoms. The van der Waals surface area contributed by atoms with Crippen LogP contribution in [0.1, 0.15) is 25.0 Å². The number of hydrogen-bond acceptors (Lipinski definition) is 6. The van der Waals surface area contributed by atoms with Gasteiger partial charge in [0.15, 0.2) is 0 Å². The van der Waals surface area contributed by atoms with Crippen LogP contribution in [0.15, 0.2) is 45.9 Å². The van der Waals surface area contributed by atoms with Gasteiger partial charge < -0.3 is 9.15 Å². The summed E-state index contributed by atoms with van der Waals surface area (Å²) in [6.07, 6.45) is 2.95. The molecule has 0 aliphatic carbocycles. The minimum atomic E-state index is -3.80. The lowest BCUT2D eigenvalue weighted by Crippen LogP contribution is -2.30. The SMILES string of the molecule is COc1ccc(S(=O)(=O)NCCCc2ccco2)cc1N1C(=O)CCC1=O. The largest absolute Gasteiger partial charge is 0.495 e. The van der Waals surface area contributed by atoms with Gasteiger partial charge in [-0.2, -0.15) is 0 Å². The Balaban J connectivity index is 1.75. The number of anilines is 1. The van der Waals surface area contributed by atoms with Crippen molar-refractivity contribution in [1.82, 2.24) is 4.72 Å². The van der Waals surface area contributed by atoms with Gasteiger partial charge in [-0.25, -0.2) is 18.0 Å². The van der Waals surface area contributed by atoms with Gasteiger partial charge in [0, 0.05) is 25.8 Å². The predicted octanol–water partition coefficient (Wildman–Crippen LogP) is 1.85. The Labute approximate surface area is 157 Å². The maximum atomic E-state index is 12.6. The number of sulfonamides is 1. The van der Waals surface area contributed by atoms with Crippen molar-refractivity contribution in [2.45, 2.75) is 30.6 Å². The second-order valence-corrected chi connectivity index (χ2v) is 7.80. The van der Waals surface area contributed by atoms with Gasteiger partial charge in [0.25, 0.3) is 0 Å². The molecule has 1 aromatic heterocycles. The average molecular weight is 392 g/mol. The summed E-state index contributed by atoms with van der Waals surface area (Å²) in [5, 5.41) is 0. The van der Waals surface area contributed by atoms with E-state index in [4.69, 9.17) is 9.15 Å². The van der Waals surface area contributed by atoms with Crippen molar-refractivity contribution in [3.8, 4) is 5.75 Å². The first-order valence-corrected chi connectivity index (χ1v) is 9.96. The molecule has 2 aromatic rings. The average Bonchev–Trinajstić information content (AvgIpc) is 3.28. The highest BCUT2D eigenvalue weighted by molar-refractivity contribution is 7.89. The third-order valence-corrected chi connectivity index (χ3v) is 5.68. The van der Waals surface area contributed by atoms with Gasteiger partial charge in [0.2, 0.25) is 21.8 Å². The summed E-state index contributed by atoms with van der Waals surface area (Å²) in [5.74, 6) is 0.292. The zero-order valence-corrected chi connectivity index (χ0v) is 15.6. The summed E-state index contributed by atoms with van der Waals surface area (Å²) in [5.41, 5.74) is 0.142. The number of carbonyl (C=O) groups is 2. The monoisotopic (exact) mass is 392 g/mol. The van der Waals surface area contributed by atoms with Crippen molar-refractivity contribution in [3.63, 3.8) is 0 Å². The number of nitrogens with zero attached hydrogens (tertiary/aromatic N) is 1. The number of nitrogens with one attached hydrogen (secondary N) is 1. The normalized spacial score (nSPS) is 14.8. The predicted molar refractivity (Wildman–Crippen MR) is 96.9 cm³/mol. The highest BCUT2D eigenvalue weighted by atomic mass is 32.2. The van der Waals surface area contributed by atoms with Crippen LogP contribution in [0.25, 0.3) is 0 Å². The van der Waals surface area contributed by atoms with Gasteiger partial charge in [-0.1, -0.05) is 0 Å². The second kappa shape index (κ2) is 7.93. The first-order chi connectivity index (χ1) is 12.9. The van der Waals surface area contributed by atoms with E-state index in [9.17, 15) is 18.0 Å². The number of rotatable bonds is 8. The molecule has 0 bridgehead atoms. The maximum Gasteiger partial charge on any atom is 0.240 e. The van der Waals surface area contributed by atoms with Gasteiger partial charge in [0.1, 0.15) is 11.5 Å². The third kappa shape index (κ3) is 4.20. The Bertz CT molecular complexity index is 921. The van der Waals surface area contributed by atoms with E-state index in [1.807, 2.05) is 6.07 Å². The Kier molecular flexibility index (Phi) is 5.62. The molecular formula is C18H20N2O6S. The third-order valence-electron chi connectivity index (χ3n) is 4.23. The number of aryl methyl sites for hydroxylation is 1. The molecule has 1 saturated heterocycles. The van der Waals surface area contributed by atoms with Crippen molar-refractivity contribution >= 4 is 27.5 Å². The number of amides is 2. The molecule has 1 N–H and O–H groups in total. The Morgan fingerprint density at radius 2 is 1.93 bits per heavy atom. The fraction of sp³-hybridized carbons (Fsp3) is 0.333. The van der Waals surface area contributed by atoms with E-state index >= 15 is 0 Å². The first kappa shape index (κ1) is 19.1. The Morgan fingerprint density at radius 3 is 2.56 bits per heavy atom. The molecule has 1 fully saturated rings. The summed E-state index contributed by atoms with van der Waals surface area (Å²) in [4.78, 5) is 25.0. The number of methoxy groups -OCH3 is 1. The van der Waals surface area contributed by atoms with Crippen molar-refractivity contribution < 1.29 is 27.2 Å². The standard InChI is InChI=1S/C18H20N2O6S/c1-25-16-7-6-14(12-15(16)20-17(21)8-9-18(20)22)27(23,24)19-10-2-4-13-5-3-11-26-13/h3,5-7,11-12,19H,2,4,8-10H2,1H3. The number of benzene rings is 1. The molecule has 1 aliphatic rings. The molecule has 8 nitrogen and oxygen atoms in total. The van der Waals surface area contributed by atoms with Gasteiger partial charge >= 0.3 is 0 Å². The van der Waals surface area contributed by atoms with Crippen LogP contribution in [-0.4, -0.2) is 33.9 Å². The second-order valence-electron chi connectivity index (χ2n) is 6.04. The lowest BCUT2D eigenvalue weighted by Gasteiger charge is -2.18. The van der Waals surface area contributed by atoms with E-state index in [-0.39, 0.29) is 47.5 Å². The molecule has 9 heteroatoms. The van der Waals surface area contributed by atoms with Gasteiger partial charge in [-0.05, 0) is 36.8 Å². The van der Waals surface area contributed by atoms with E-state index < -0.39 is 10.0 Å². The molecular weight excluding hydrogens is 372 g/mol. The molecule has 0 saturated carbocycles. The summed E-state index contributed by atoms with van der Waals surface area (Å²) in [6.45, 7) is 0.228. The van der Waals surface area contributed by atoms with Gasteiger partial charge in [-0.15, -0.1) is 0 Å². The van der Waals surface area contributed by atoms with Crippen LogP contribution >= 0.6 is 0 Å². The molecule has 3 rings (SSSR count). The van der Waals surface area contributed by atoms with Crippen LogP contribution in [0.4, 0.5) is 5.69 Å². The molecule has 2 amide bonds. The quantitative estimate of drug-likeness (QED) is 0.543. The molecule has 0 unspecified atom stereocenters. The number of carbonyl (C=O) groups excluding carboxylic acids is 2. The van der Waals surface area contributed by atoms with Gasteiger partial charge in [0.05, 0.1) is 24.0 Å². The number of furan rings is 1. The smallest absolute Gasteiger partial charge is 0.240 e. The van der Waals surface area contributed by atoms with Crippen LogP contribution < -0.4 is 14.4 Å². The molecule has 27 heavy (non-hydrogen) atoms. The summed E-state index contributed by atoms with van der Waals surface area (Å²) >= 11 is 0. The van der Waals surface area contributed by atoms with Crippen LogP contribution in [-0.2, 0) is 26.0 Å². The molecule has 1 aliphatic heterocycles. The lowest BCUT2D eigenvalue weighted by atomic mass is 10.2. The summed E-state index contributed by atoms with van der Waals surface area (Å²) < 4.78 is 38.0. The van der Waals surface area contributed by atoms with Crippen LogP contribution in [0.2, 0.25) is 0 Å². The molecule has 144 valence electrons. The van der Waals surface area contributed by atoms with Crippen LogP contribution in [0, 0.1) is 0 Å². The fourth-order valence-corrected chi connectivity index (χ4v) is 3.96. The van der Waals surface area contributed by atoms with Crippen LogP contribution in [0.3, 0.4) is 0 Å². The molecule has 2 heterocycles. The first-order valence-electron chi connectivity index (χ1n) is 8.48. The van der Waals surface area contributed by atoms with E-state index in [2.05, 4.69) is 4.72 Å². The molecule has 1 aromatic carbocycles. The zero-order valence-electron chi connectivity index (χ0n) is 14.8. The van der Waals surface area contributed by atoms with Crippen molar-refractivity contribution in [2.24, 2.45) is 0 Å². The van der Waals surface area contributed by atoms with E-state index in [0.717, 1.165) is 10.7 Å². The maximum absolute atomic E-state index is 12.6. The Morgan fingerprint density at radius 1 is 1.19 bits per heavy atom. The highest BCUT2D eigenvalue weighted by Crippen LogP contribution is 2.34. The topological polar surface area (TPSA) is 106 Å². The van der Waals surface area contributed by atoms with Gasteiger partial charge in [-0.3, -0.25) is 9.59 Å². The van der Waals surface area contributed by atoms with Crippen LogP contribution in [0.5, 0.6) is 5.75 Å². The van der Waals surface area contributed by atoms with Crippen molar-refractivity contribution in [1.29, 1.82) is 0 Å². The number of imide groups is 1. The van der Waals surface area contributed by atoms with E-state index in [1.54, 1.807) is 12.3 Å². The van der Waals surface area contributed by atoms with Crippen molar-refractivity contribution in [3.05, 3.63) is 42.4 Å². The highest BCUT2D eigenvalue weighted by Gasteiger charge is 2.33. The van der Waals surface area contributed by atoms with E-state index in [0.29, 0.717) is 12.8 Å². The minimum Gasteiger partial charge on any atom is -0.495 e. The molecule has 0 atom stereocenters.